The third-order valence-corrected chi connectivity index (χ3v) is 3.80. The summed E-state index contributed by atoms with van der Waals surface area (Å²) >= 11 is 5.36. The molecule has 1 aliphatic rings. The van der Waals surface area contributed by atoms with Crippen molar-refractivity contribution in [2.75, 3.05) is 5.88 Å². The third-order valence-electron chi connectivity index (χ3n) is 1.90. The summed E-state index contributed by atoms with van der Waals surface area (Å²) in [6.07, 6.45) is 1.48. The lowest BCUT2D eigenvalue weighted by atomic mass is 10.3. The van der Waals surface area contributed by atoms with E-state index in [9.17, 15) is 8.42 Å². The molecule has 0 radical (unpaired) electrons. The Hall–Kier alpha value is 0.200. The molecule has 0 unspecified atom stereocenters. The average molecular weight is 185 g/mol. The van der Waals surface area contributed by atoms with E-state index in [2.05, 4.69) is 0 Å². The van der Waals surface area contributed by atoms with Crippen molar-refractivity contribution in [3.8, 4) is 0 Å². The molecule has 3 nitrogen and oxygen atoms in total. The molecule has 0 aromatic carbocycles. The summed E-state index contributed by atoms with van der Waals surface area (Å²) in [6.45, 7) is 0. The van der Waals surface area contributed by atoms with E-state index in [0.29, 0.717) is 25.1 Å². The molecule has 5 heteroatoms. The van der Waals surface area contributed by atoms with E-state index >= 15 is 0 Å². The van der Waals surface area contributed by atoms with E-state index in [1.54, 1.807) is 0 Å². The van der Waals surface area contributed by atoms with Gasteiger partial charge in [0.15, 0.2) is 0 Å². The summed E-state index contributed by atoms with van der Waals surface area (Å²) in [6, 6.07) is 0. The van der Waals surface area contributed by atoms with Gasteiger partial charge in [-0.1, -0.05) is 0 Å². The number of rotatable bonds is 3. The van der Waals surface area contributed by atoms with Crippen molar-refractivity contribution in [1.29, 1.82) is 0 Å². The molecule has 0 saturated heterocycles. The summed E-state index contributed by atoms with van der Waals surface area (Å²) in [7, 11) is -3.84. The van der Waals surface area contributed by atoms with Crippen molar-refractivity contribution >= 4 is 21.7 Å². The van der Waals surface area contributed by atoms with Crippen LogP contribution in [0.2, 0.25) is 0 Å². The van der Waals surface area contributed by atoms with Gasteiger partial charge in [0.05, 0.1) is 4.75 Å². The van der Waals surface area contributed by atoms with Gasteiger partial charge in [-0.25, -0.2) is 0 Å². The molecule has 0 aromatic rings. The van der Waals surface area contributed by atoms with Gasteiger partial charge >= 0.3 is 0 Å². The fraction of sp³-hybridized carbons (Fsp3) is 1.00. The molecule has 1 saturated carbocycles. The zero-order valence-corrected chi connectivity index (χ0v) is 6.95. The number of hydrogen-bond donors (Lipinski definition) is 1. The SMILES string of the molecule is O=S(=O)(O)C1(CCCl)CC1. The van der Waals surface area contributed by atoms with Gasteiger partial charge in [-0.05, 0) is 19.3 Å². The molecule has 0 spiro atoms. The Labute approximate surface area is 65.1 Å². The topological polar surface area (TPSA) is 54.4 Å². The van der Waals surface area contributed by atoms with E-state index in [0.717, 1.165) is 0 Å². The molecule has 0 atom stereocenters. The fourth-order valence-corrected chi connectivity index (χ4v) is 2.40. The van der Waals surface area contributed by atoms with Crippen molar-refractivity contribution in [3.05, 3.63) is 0 Å². The van der Waals surface area contributed by atoms with Crippen LogP contribution < -0.4 is 0 Å². The zero-order chi connectivity index (χ0) is 7.83. The highest BCUT2D eigenvalue weighted by molar-refractivity contribution is 7.87. The molecule has 10 heavy (non-hydrogen) atoms. The molecule has 1 aliphatic carbocycles. The predicted octanol–water partition coefficient (Wildman–Crippen LogP) is 1.04. The van der Waals surface area contributed by atoms with Crippen molar-refractivity contribution in [3.63, 3.8) is 0 Å². The van der Waals surface area contributed by atoms with Crippen LogP contribution in [0.5, 0.6) is 0 Å². The highest BCUT2D eigenvalue weighted by atomic mass is 35.5. The van der Waals surface area contributed by atoms with Crippen molar-refractivity contribution < 1.29 is 13.0 Å². The number of halogens is 1. The lowest BCUT2D eigenvalue weighted by molar-refractivity contribution is 0.461. The summed E-state index contributed by atoms with van der Waals surface area (Å²) in [5, 5.41) is 0. The second-order valence-corrected chi connectivity index (χ2v) is 4.79. The largest absolute Gasteiger partial charge is 0.285 e. The quantitative estimate of drug-likeness (QED) is 0.527. The van der Waals surface area contributed by atoms with Crippen LogP contribution in [-0.4, -0.2) is 23.6 Å². The van der Waals surface area contributed by atoms with E-state index in [1.165, 1.54) is 0 Å². The molecule has 1 fully saturated rings. The maximum atomic E-state index is 10.6. The van der Waals surface area contributed by atoms with Crippen LogP contribution in [0.25, 0.3) is 0 Å². The van der Waals surface area contributed by atoms with Crippen LogP contribution in [-0.2, 0) is 10.1 Å². The second kappa shape index (κ2) is 2.36. The summed E-state index contributed by atoms with van der Waals surface area (Å²) in [4.78, 5) is 0. The van der Waals surface area contributed by atoms with E-state index in [4.69, 9.17) is 16.2 Å². The monoisotopic (exact) mass is 184 g/mol. The molecular weight excluding hydrogens is 176 g/mol. The van der Waals surface area contributed by atoms with Gasteiger partial charge in [-0.2, -0.15) is 8.42 Å². The van der Waals surface area contributed by atoms with E-state index in [-0.39, 0.29) is 0 Å². The Morgan fingerprint density at radius 3 is 2.10 bits per heavy atom. The Morgan fingerprint density at radius 2 is 2.00 bits per heavy atom. The smallest absolute Gasteiger partial charge is 0.270 e. The van der Waals surface area contributed by atoms with E-state index < -0.39 is 14.9 Å². The first-order valence-electron chi connectivity index (χ1n) is 3.05. The lowest BCUT2D eigenvalue weighted by Crippen LogP contribution is -2.22. The minimum Gasteiger partial charge on any atom is -0.285 e. The summed E-state index contributed by atoms with van der Waals surface area (Å²) in [5.74, 6) is 0.291. The van der Waals surface area contributed by atoms with Crippen LogP contribution in [0.4, 0.5) is 0 Å². The van der Waals surface area contributed by atoms with Crippen LogP contribution in [0.3, 0.4) is 0 Å². The van der Waals surface area contributed by atoms with Gasteiger partial charge in [0, 0.05) is 5.88 Å². The van der Waals surface area contributed by atoms with Crippen LogP contribution >= 0.6 is 11.6 Å². The fourth-order valence-electron chi connectivity index (χ4n) is 0.949. The summed E-state index contributed by atoms with van der Waals surface area (Å²) in [5.41, 5.74) is 0. The number of hydrogen-bond acceptors (Lipinski definition) is 2. The molecule has 0 amide bonds. The zero-order valence-electron chi connectivity index (χ0n) is 5.38. The molecule has 60 valence electrons. The highest BCUT2D eigenvalue weighted by Gasteiger charge is 2.53. The summed E-state index contributed by atoms with van der Waals surface area (Å²) < 4.78 is 29.0. The van der Waals surface area contributed by atoms with Crippen molar-refractivity contribution in [1.82, 2.24) is 0 Å². The van der Waals surface area contributed by atoms with Gasteiger partial charge in [0.25, 0.3) is 10.1 Å². The third kappa shape index (κ3) is 1.28. The molecule has 0 aliphatic heterocycles. The van der Waals surface area contributed by atoms with Gasteiger partial charge in [-0.3, -0.25) is 4.55 Å². The van der Waals surface area contributed by atoms with Crippen LogP contribution in [0, 0.1) is 0 Å². The maximum Gasteiger partial charge on any atom is 0.270 e. The highest BCUT2D eigenvalue weighted by Crippen LogP contribution is 2.45. The first kappa shape index (κ1) is 8.30. The van der Waals surface area contributed by atoms with Gasteiger partial charge in [0.2, 0.25) is 0 Å². The van der Waals surface area contributed by atoms with Crippen molar-refractivity contribution in [2.45, 2.75) is 24.0 Å². The average Bonchev–Trinajstić information content (AvgIpc) is 2.45. The molecule has 0 heterocycles. The Bertz CT molecular complexity index is 217. The van der Waals surface area contributed by atoms with Gasteiger partial charge in [-0.15, -0.1) is 11.6 Å². The second-order valence-electron chi connectivity index (χ2n) is 2.60. The van der Waals surface area contributed by atoms with Gasteiger partial charge in [0.1, 0.15) is 0 Å². The van der Waals surface area contributed by atoms with Crippen LogP contribution in [0.1, 0.15) is 19.3 Å². The Kier molecular flexibility index (Phi) is 1.96. The molecule has 1 N–H and O–H groups in total. The first-order valence-corrected chi connectivity index (χ1v) is 5.02. The van der Waals surface area contributed by atoms with Crippen LogP contribution in [0.15, 0.2) is 0 Å². The minimum atomic E-state index is -3.84. The molecule has 1 rings (SSSR count). The normalized spacial score (nSPS) is 22.6. The Balaban J connectivity index is 2.71. The van der Waals surface area contributed by atoms with Crippen molar-refractivity contribution in [2.24, 2.45) is 0 Å². The number of alkyl halides is 1. The minimum absolute atomic E-state index is 0.291. The lowest BCUT2D eigenvalue weighted by Gasteiger charge is -2.07. The van der Waals surface area contributed by atoms with E-state index in [1.807, 2.05) is 0 Å². The van der Waals surface area contributed by atoms with Gasteiger partial charge < -0.3 is 0 Å². The maximum absolute atomic E-state index is 10.6. The molecular formula is C5H9ClO3S. The first-order chi connectivity index (χ1) is 4.52. The predicted molar refractivity (Wildman–Crippen MR) is 38.9 cm³/mol. The molecule has 0 aromatic heterocycles. The standard InChI is InChI=1S/C5H9ClO3S/c6-4-3-5(1-2-5)10(7,8)9/h1-4H2,(H,7,8,9). The molecule has 0 bridgehead atoms. The Morgan fingerprint density at radius 1 is 1.50 bits per heavy atom.